The highest BCUT2D eigenvalue weighted by atomic mass is 16.7. The molecule has 8 fully saturated rings. The van der Waals surface area contributed by atoms with Gasteiger partial charge in [-0.25, -0.2) is 9.59 Å². The summed E-state index contributed by atoms with van der Waals surface area (Å²) in [4.78, 5) is 25.5. The molecule has 8 aliphatic rings. The number of esters is 2. The van der Waals surface area contributed by atoms with E-state index in [2.05, 4.69) is 0 Å². The average Bonchev–Trinajstić information content (AvgIpc) is 3.51. The van der Waals surface area contributed by atoms with Gasteiger partial charge in [-0.3, -0.25) is 0 Å². The van der Waals surface area contributed by atoms with Crippen molar-refractivity contribution in [1.29, 1.82) is 0 Å². The molecule has 79 heavy (non-hydrogen) atoms. The van der Waals surface area contributed by atoms with Gasteiger partial charge < -0.3 is 118 Å². The number of methoxy groups -OCH3 is 2. The Balaban J connectivity index is 0.787. The molecule has 0 bridgehead atoms. The van der Waals surface area contributed by atoms with Crippen LogP contribution < -0.4 is 0 Å². The lowest BCUT2D eigenvalue weighted by molar-refractivity contribution is -0.363. The van der Waals surface area contributed by atoms with E-state index in [1.54, 1.807) is 12.2 Å². The predicted molar refractivity (Wildman–Crippen MR) is 265 cm³/mol. The Morgan fingerprint density at radius 2 is 1.11 bits per heavy atom. The molecule has 4 heterocycles. The number of ether oxygens (including phenoxy) is 11. The summed E-state index contributed by atoms with van der Waals surface area (Å²) in [5.74, 6) is -2.51. The first-order valence-corrected chi connectivity index (χ1v) is 27.9. The summed E-state index contributed by atoms with van der Waals surface area (Å²) < 4.78 is 63.0. The molecule has 11 unspecified atom stereocenters. The lowest BCUT2D eigenvalue weighted by atomic mass is 9.72. The van der Waals surface area contributed by atoms with Crippen molar-refractivity contribution in [1.82, 2.24) is 0 Å². The van der Waals surface area contributed by atoms with Crippen molar-refractivity contribution >= 4 is 11.9 Å². The second-order valence-corrected chi connectivity index (χ2v) is 22.9. The van der Waals surface area contributed by atoms with Crippen molar-refractivity contribution in [2.45, 2.75) is 243 Å². The zero-order chi connectivity index (χ0) is 57.0. The van der Waals surface area contributed by atoms with E-state index in [0.717, 1.165) is 0 Å². The summed E-state index contributed by atoms with van der Waals surface area (Å²) in [7, 11) is 2.96. The molecule has 452 valence electrons. The first kappa shape index (κ1) is 62.6. The third-order valence-corrected chi connectivity index (χ3v) is 17.6. The van der Waals surface area contributed by atoms with Crippen molar-refractivity contribution < 1.29 is 128 Å². The molecule has 4 saturated heterocycles. The van der Waals surface area contributed by atoms with Gasteiger partial charge in [-0.05, 0) is 83.0 Å². The van der Waals surface area contributed by atoms with Gasteiger partial charge in [0, 0.05) is 45.1 Å². The fourth-order valence-electron chi connectivity index (χ4n) is 12.8. The van der Waals surface area contributed by atoms with E-state index < -0.39 is 190 Å². The van der Waals surface area contributed by atoms with Crippen LogP contribution in [0.5, 0.6) is 0 Å². The first-order chi connectivity index (χ1) is 37.6. The largest absolute Gasteiger partial charge is 0.460 e. The third kappa shape index (κ3) is 15.1. The molecular weight excluding hydrogens is 1050 g/mol. The molecule has 0 aromatic rings. The number of rotatable bonds is 17. The Morgan fingerprint density at radius 1 is 0.532 bits per heavy atom. The highest BCUT2D eigenvalue weighted by molar-refractivity contribution is 5.82. The summed E-state index contributed by atoms with van der Waals surface area (Å²) in [5.41, 5.74) is 0. The van der Waals surface area contributed by atoms with Gasteiger partial charge in [-0.2, -0.15) is 0 Å². The molecule has 26 nitrogen and oxygen atoms in total. The number of aliphatic hydroxyl groups is 15. The molecule has 26 heteroatoms. The van der Waals surface area contributed by atoms with Crippen LogP contribution in [0.3, 0.4) is 0 Å². The number of hydrogen-bond acceptors (Lipinski definition) is 25. The monoisotopic (exact) mass is 1140 g/mol. The topological polar surface area (TPSA) is 402 Å². The quantitative estimate of drug-likeness (QED) is 0.0373. The fourth-order valence-corrected chi connectivity index (χ4v) is 12.8. The predicted octanol–water partition coefficient (Wildman–Crippen LogP) is -4.26. The summed E-state index contributed by atoms with van der Waals surface area (Å²) in [5, 5.41) is 139. The SMILES string of the molecule is COC1CC(C2[OH+]C3CC(O)CC(O)C3CC2O[C@@H]2O[C@H](CO[C@@H]3O[C@@H](C)[C@H](OC(=O)C=CC4CCC(O[C@@H]5O[C@H](COC(=O)C=CC6CCC(O)C(O)C6)[C@@H](O)[C@H](O)[C@H]5O)CC4)[C@@H](O)[C@H]3O)[C@@H](O)[C@H](O)[C@H]2O)CC(OC)C1O. The molecule has 0 spiro atoms. The standard InChI is InChI=1S/C53H84O26/c1-22-49(79-39(59)13-7-23-4-9-27(10-5-23)74-52-46(66)43(63)41(61)36(77-52)20-71-38(58)12-8-24-6-11-29(55)31(57)14-24)45(65)48(68)51(73-22)72-21-37-42(62)44(64)47(67)53(78-37)76-35-19-28-30(56)17-26(54)18-32(28)75-50(35)25-15-33(69-2)40(60)34(16-25)70-3/h7-8,12-13,22-37,40-57,60-68H,4-6,9-11,14-21H2,1-3H3/p+1/t22-,23?,24?,25?,26?,27?,28?,29?,30?,31?,32?,33?,34?,35?,36+,37+,40?,41+,42+,43-,44-,45-,46+,47+,48+,49-,50?,51+,52+,53+/m0/s1. The summed E-state index contributed by atoms with van der Waals surface area (Å²) >= 11 is 0. The highest BCUT2D eigenvalue weighted by Gasteiger charge is 2.57. The van der Waals surface area contributed by atoms with Crippen LogP contribution in [0.2, 0.25) is 0 Å². The fraction of sp³-hybridized carbons (Fsp3) is 0.887. The maximum atomic E-state index is 13.1. The molecule has 0 aromatic carbocycles. The van der Waals surface area contributed by atoms with Gasteiger partial charge in [0.1, 0.15) is 79.9 Å². The van der Waals surface area contributed by atoms with Crippen LogP contribution in [0.1, 0.15) is 84.0 Å². The number of aliphatic hydroxyl groups excluding tert-OH is 13. The minimum Gasteiger partial charge on any atom is -0.460 e. The van der Waals surface area contributed by atoms with Crippen LogP contribution in [0.25, 0.3) is 0 Å². The van der Waals surface area contributed by atoms with E-state index in [9.17, 15) is 76.0 Å². The first-order valence-electron chi connectivity index (χ1n) is 27.9. The summed E-state index contributed by atoms with van der Waals surface area (Å²) in [6.45, 7) is 0.487. The van der Waals surface area contributed by atoms with Gasteiger partial charge >= 0.3 is 11.9 Å². The molecule has 14 N–H and O–H groups in total. The van der Waals surface area contributed by atoms with Crippen LogP contribution in [0.4, 0.5) is 0 Å². The maximum Gasteiger partial charge on any atom is 0.330 e. The molecule has 0 aromatic heterocycles. The Labute approximate surface area is 457 Å². The zero-order valence-electron chi connectivity index (χ0n) is 44.7. The smallest absolute Gasteiger partial charge is 0.330 e. The van der Waals surface area contributed by atoms with Gasteiger partial charge in [0.15, 0.2) is 37.2 Å². The van der Waals surface area contributed by atoms with E-state index >= 15 is 0 Å². The third-order valence-electron chi connectivity index (χ3n) is 17.6. The van der Waals surface area contributed by atoms with Gasteiger partial charge in [0.2, 0.25) is 0 Å². The Kier molecular flexibility index (Phi) is 22.1. The van der Waals surface area contributed by atoms with Gasteiger partial charge in [0.25, 0.3) is 0 Å². The number of allylic oxidation sites excluding steroid dienone is 2. The minimum absolute atomic E-state index is 0.111. The van der Waals surface area contributed by atoms with E-state index in [1.807, 2.05) is 0 Å². The van der Waals surface area contributed by atoms with E-state index in [-0.39, 0.29) is 30.6 Å². The molecule has 4 aliphatic carbocycles. The molecule has 4 aliphatic heterocycles. The molecule has 4 saturated carbocycles. The maximum absolute atomic E-state index is 13.1. The minimum atomic E-state index is -1.80. The van der Waals surface area contributed by atoms with Crippen LogP contribution in [0.15, 0.2) is 24.3 Å². The Bertz CT molecular complexity index is 1980. The Morgan fingerprint density at radius 3 is 1.75 bits per heavy atom. The van der Waals surface area contributed by atoms with E-state index in [1.165, 1.54) is 33.3 Å². The van der Waals surface area contributed by atoms with Gasteiger partial charge in [-0.15, -0.1) is 0 Å². The second kappa shape index (κ2) is 28.0. The van der Waals surface area contributed by atoms with Crippen molar-refractivity contribution in [2.24, 2.45) is 23.7 Å². The van der Waals surface area contributed by atoms with Crippen LogP contribution in [0, 0.1) is 23.7 Å². The Hall–Kier alpha value is -2.46. The van der Waals surface area contributed by atoms with Gasteiger partial charge in [-0.1, -0.05) is 12.2 Å². The second-order valence-electron chi connectivity index (χ2n) is 22.9. The van der Waals surface area contributed by atoms with Crippen LogP contribution >= 0.6 is 0 Å². The lowest BCUT2D eigenvalue weighted by Crippen LogP contribution is -2.64. The van der Waals surface area contributed by atoms with Crippen LogP contribution in [-0.4, -0.2) is 270 Å². The number of carbonyl (C=O) groups excluding carboxylic acids is 2. The summed E-state index contributed by atoms with van der Waals surface area (Å²) in [6, 6.07) is 0. The zero-order valence-corrected chi connectivity index (χ0v) is 44.7. The molecule has 0 radical (unpaired) electrons. The molecule has 26 atom stereocenters. The van der Waals surface area contributed by atoms with Crippen molar-refractivity contribution in [3.8, 4) is 0 Å². The van der Waals surface area contributed by atoms with Crippen molar-refractivity contribution in [3.05, 3.63) is 24.3 Å². The van der Waals surface area contributed by atoms with E-state index in [4.69, 9.17) is 52.1 Å². The normalized spacial score (nSPS) is 49.1. The van der Waals surface area contributed by atoms with E-state index in [0.29, 0.717) is 64.2 Å². The van der Waals surface area contributed by atoms with Crippen molar-refractivity contribution in [2.75, 3.05) is 27.4 Å². The average molecular weight is 1140 g/mol. The van der Waals surface area contributed by atoms with Crippen molar-refractivity contribution in [3.63, 3.8) is 0 Å². The van der Waals surface area contributed by atoms with Crippen LogP contribution in [-0.2, 0) is 57.0 Å². The van der Waals surface area contributed by atoms with Gasteiger partial charge in [0.05, 0.1) is 61.4 Å². The molecule has 0 amide bonds. The number of hydrogen-bond donors (Lipinski definition) is 13. The molecular formula is C53H85O26+. The number of fused-ring (bicyclic) bond motifs is 1. The highest BCUT2D eigenvalue weighted by Crippen LogP contribution is 2.43. The summed E-state index contributed by atoms with van der Waals surface area (Å²) in [6.07, 6.45) is -20.6. The molecule has 8 rings (SSSR count). The lowest BCUT2D eigenvalue weighted by Gasteiger charge is -2.49. The number of carbonyl (C=O) groups is 2.